The summed E-state index contributed by atoms with van der Waals surface area (Å²) < 4.78 is 4.45. The molecule has 0 aromatic heterocycles. The van der Waals surface area contributed by atoms with Gasteiger partial charge in [0, 0.05) is 17.4 Å². The average molecular weight is 292 g/mol. The fourth-order valence-electron chi connectivity index (χ4n) is 2.45. The molecular weight excluding hydrogens is 272 g/mol. The SMILES string of the molecule is COC(=O)C(O)CNc1ccc2c(c1)CC(=O)N2C(C)C. The second kappa shape index (κ2) is 6.13. The van der Waals surface area contributed by atoms with Crippen LogP contribution in [0.2, 0.25) is 0 Å². The van der Waals surface area contributed by atoms with E-state index in [1.54, 1.807) is 4.90 Å². The molecule has 1 aliphatic heterocycles. The molecule has 1 unspecified atom stereocenters. The van der Waals surface area contributed by atoms with Crippen LogP contribution in [0.5, 0.6) is 0 Å². The smallest absolute Gasteiger partial charge is 0.336 e. The van der Waals surface area contributed by atoms with E-state index < -0.39 is 12.1 Å². The summed E-state index contributed by atoms with van der Waals surface area (Å²) in [7, 11) is 1.23. The number of nitrogens with one attached hydrogen (secondary N) is 1. The van der Waals surface area contributed by atoms with Crippen LogP contribution in [-0.2, 0) is 20.7 Å². The van der Waals surface area contributed by atoms with Gasteiger partial charge in [-0.25, -0.2) is 4.79 Å². The zero-order valence-electron chi connectivity index (χ0n) is 12.4. The number of benzene rings is 1. The number of hydrogen-bond acceptors (Lipinski definition) is 5. The number of rotatable bonds is 5. The van der Waals surface area contributed by atoms with Gasteiger partial charge in [0.25, 0.3) is 0 Å². The maximum atomic E-state index is 12.0. The van der Waals surface area contributed by atoms with Crippen molar-refractivity contribution in [2.45, 2.75) is 32.4 Å². The summed E-state index contributed by atoms with van der Waals surface area (Å²) in [5.74, 6) is -0.587. The van der Waals surface area contributed by atoms with Crippen LogP contribution in [0, 0.1) is 0 Å². The van der Waals surface area contributed by atoms with Crippen molar-refractivity contribution in [3.63, 3.8) is 0 Å². The van der Waals surface area contributed by atoms with Crippen molar-refractivity contribution in [3.8, 4) is 0 Å². The van der Waals surface area contributed by atoms with E-state index in [-0.39, 0.29) is 18.5 Å². The van der Waals surface area contributed by atoms with Gasteiger partial charge in [0.05, 0.1) is 20.1 Å². The van der Waals surface area contributed by atoms with E-state index in [1.165, 1.54) is 7.11 Å². The number of anilines is 2. The Morgan fingerprint density at radius 3 is 2.81 bits per heavy atom. The maximum Gasteiger partial charge on any atom is 0.336 e. The van der Waals surface area contributed by atoms with Crippen molar-refractivity contribution in [1.29, 1.82) is 0 Å². The summed E-state index contributed by atoms with van der Waals surface area (Å²) in [4.78, 5) is 24.9. The van der Waals surface area contributed by atoms with Gasteiger partial charge in [-0.05, 0) is 37.6 Å². The third kappa shape index (κ3) is 3.16. The maximum absolute atomic E-state index is 12.0. The molecule has 1 aromatic rings. The third-order valence-corrected chi connectivity index (χ3v) is 3.44. The Hall–Kier alpha value is -2.08. The fraction of sp³-hybridized carbons (Fsp3) is 0.467. The Labute approximate surface area is 123 Å². The topological polar surface area (TPSA) is 78.9 Å². The molecule has 0 fully saturated rings. The number of nitrogens with zero attached hydrogens (tertiary/aromatic N) is 1. The Morgan fingerprint density at radius 2 is 2.19 bits per heavy atom. The Kier molecular flexibility index (Phi) is 4.47. The van der Waals surface area contributed by atoms with Crippen molar-refractivity contribution in [2.24, 2.45) is 0 Å². The molecule has 0 bridgehead atoms. The van der Waals surface area contributed by atoms with Gasteiger partial charge in [-0.2, -0.15) is 0 Å². The first-order chi connectivity index (χ1) is 9.93. The minimum atomic E-state index is -1.21. The summed E-state index contributed by atoms with van der Waals surface area (Å²) in [6.45, 7) is 4.02. The van der Waals surface area contributed by atoms with Crippen LogP contribution in [0.15, 0.2) is 18.2 Å². The molecule has 0 radical (unpaired) electrons. The zero-order valence-corrected chi connectivity index (χ0v) is 12.4. The van der Waals surface area contributed by atoms with Crippen LogP contribution in [0.3, 0.4) is 0 Å². The van der Waals surface area contributed by atoms with Crippen molar-refractivity contribution >= 4 is 23.3 Å². The Balaban J connectivity index is 2.08. The molecule has 1 aliphatic rings. The highest BCUT2D eigenvalue weighted by Crippen LogP contribution is 2.32. The molecule has 0 saturated heterocycles. The van der Waals surface area contributed by atoms with E-state index in [9.17, 15) is 14.7 Å². The molecule has 1 atom stereocenters. The minimum Gasteiger partial charge on any atom is -0.467 e. The first kappa shape index (κ1) is 15.3. The molecule has 21 heavy (non-hydrogen) atoms. The molecule has 114 valence electrons. The molecule has 6 heteroatoms. The van der Waals surface area contributed by atoms with Crippen molar-refractivity contribution < 1.29 is 19.4 Å². The largest absolute Gasteiger partial charge is 0.467 e. The fourth-order valence-corrected chi connectivity index (χ4v) is 2.45. The second-order valence-electron chi connectivity index (χ2n) is 5.30. The van der Waals surface area contributed by atoms with Crippen molar-refractivity contribution in [2.75, 3.05) is 23.9 Å². The number of hydrogen-bond donors (Lipinski definition) is 2. The predicted octanol–water partition coefficient (Wildman–Crippen LogP) is 0.930. The summed E-state index contributed by atoms with van der Waals surface area (Å²) in [5, 5.41) is 12.5. The molecular formula is C15H20N2O4. The number of ether oxygens (including phenoxy) is 1. The molecule has 0 saturated carbocycles. The van der Waals surface area contributed by atoms with Gasteiger partial charge in [-0.15, -0.1) is 0 Å². The molecule has 6 nitrogen and oxygen atoms in total. The number of esters is 1. The van der Waals surface area contributed by atoms with Gasteiger partial charge >= 0.3 is 5.97 Å². The van der Waals surface area contributed by atoms with Crippen LogP contribution in [0.4, 0.5) is 11.4 Å². The first-order valence-electron chi connectivity index (χ1n) is 6.88. The van der Waals surface area contributed by atoms with E-state index in [1.807, 2.05) is 32.0 Å². The number of carbonyl (C=O) groups excluding carboxylic acids is 2. The number of carbonyl (C=O) groups is 2. The second-order valence-corrected chi connectivity index (χ2v) is 5.30. The van der Waals surface area contributed by atoms with Gasteiger partial charge in [0.15, 0.2) is 6.10 Å². The minimum absolute atomic E-state index is 0.0628. The van der Waals surface area contributed by atoms with Crippen LogP contribution in [-0.4, -0.2) is 42.8 Å². The quantitative estimate of drug-likeness (QED) is 0.789. The lowest BCUT2D eigenvalue weighted by atomic mass is 10.1. The molecule has 1 heterocycles. The van der Waals surface area contributed by atoms with Crippen LogP contribution in [0.1, 0.15) is 19.4 Å². The van der Waals surface area contributed by atoms with Crippen molar-refractivity contribution in [3.05, 3.63) is 23.8 Å². The highest BCUT2D eigenvalue weighted by Gasteiger charge is 2.29. The van der Waals surface area contributed by atoms with Gasteiger partial charge in [-0.3, -0.25) is 4.79 Å². The van der Waals surface area contributed by atoms with Gasteiger partial charge in [0.1, 0.15) is 0 Å². The monoisotopic (exact) mass is 292 g/mol. The highest BCUT2D eigenvalue weighted by molar-refractivity contribution is 6.02. The molecule has 0 aliphatic carbocycles. The zero-order chi connectivity index (χ0) is 15.6. The van der Waals surface area contributed by atoms with Gasteiger partial charge in [-0.1, -0.05) is 0 Å². The summed E-state index contributed by atoms with van der Waals surface area (Å²) >= 11 is 0. The van der Waals surface area contributed by atoms with E-state index in [0.717, 1.165) is 16.9 Å². The van der Waals surface area contributed by atoms with Crippen LogP contribution in [0.25, 0.3) is 0 Å². The lowest BCUT2D eigenvalue weighted by molar-refractivity contribution is -0.149. The summed E-state index contributed by atoms with van der Waals surface area (Å²) in [5.41, 5.74) is 2.63. The van der Waals surface area contributed by atoms with E-state index in [4.69, 9.17) is 0 Å². The molecule has 2 N–H and O–H groups in total. The number of methoxy groups -OCH3 is 1. The molecule has 0 spiro atoms. The normalized spacial score (nSPS) is 15.1. The van der Waals surface area contributed by atoms with Gasteiger partial charge in [0.2, 0.25) is 5.91 Å². The summed E-state index contributed by atoms with van der Waals surface area (Å²) in [6.07, 6.45) is -0.833. The van der Waals surface area contributed by atoms with E-state index in [2.05, 4.69) is 10.1 Å². The Bertz CT molecular complexity index is 557. The number of amides is 1. The summed E-state index contributed by atoms with van der Waals surface area (Å²) in [6, 6.07) is 5.71. The number of aliphatic hydroxyl groups excluding tert-OH is 1. The molecule has 1 aromatic carbocycles. The van der Waals surface area contributed by atoms with Crippen molar-refractivity contribution in [1.82, 2.24) is 0 Å². The lowest BCUT2D eigenvalue weighted by Crippen LogP contribution is -2.33. The number of aliphatic hydroxyl groups is 1. The average Bonchev–Trinajstić information content (AvgIpc) is 2.78. The molecule has 1 amide bonds. The van der Waals surface area contributed by atoms with Crippen LogP contribution < -0.4 is 10.2 Å². The first-order valence-corrected chi connectivity index (χ1v) is 6.88. The lowest BCUT2D eigenvalue weighted by Gasteiger charge is -2.22. The van der Waals surface area contributed by atoms with Gasteiger partial charge < -0.3 is 20.1 Å². The predicted molar refractivity (Wildman–Crippen MR) is 79.3 cm³/mol. The van der Waals surface area contributed by atoms with E-state index in [0.29, 0.717) is 6.42 Å². The highest BCUT2D eigenvalue weighted by atomic mass is 16.5. The molecule has 2 rings (SSSR count). The Morgan fingerprint density at radius 1 is 1.48 bits per heavy atom. The number of fused-ring (bicyclic) bond motifs is 1. The van der Waals surface area contributed by atoms with E-state index >= 15 is 0 Å². The third-order valence-electron chi connectivity index (χ3n) is 3.44. The van der Waals surface area contributed by atoms with Crippen LogP contribution >= 0.6 is 0 Å². The standard InChI is InChI=1S/C15H20N2O4/c1-9(2)17-12-5-4-11(6-10(12)7-14(17)19)16-8-13(18)15(20)21-3/h4-6,9,13,16,18H,7-8H2,1-3H3.